The van der Waals surface area contributed by atoms with Crippen LogP contribution in [-0.2, 0) is 4.79 Å². The fourth-order valence-electron chi connectivity index (χ4n) is 6.38. The molecule has 27 heavy (non-hydrogen) atoms. The van der Waals surface area contributed by atoms with Gasteiger partial charge in [0, 0.05) is 11.1 Å². The van der Waals surface area contributed by atoms with Gasteiger partial charge in [-0.3, -0.25) is 4.79 Å². The van der Waals surface area contributed by atoms with Gasteiger partial charge in [-0.1, -0.05) is 30.3 Å². The third-order valence-electron chi connectivity index (χ3n) is 6.99. The first-order valence-corrected chi connectivity index (χ1v) is 10.4. The number of nitrogens with one attached hydrogen (secondary N) is 1. The highest BCUT2D eigenvalue weighted by atomic mass is 16.3. The maximum Gasteiger partial charge on any atom is 0.275 e. The van der Waals surface area contributed by atoms with E-state index in [9.17, 15) is 4.79 Å². The second kappa shape index (κ2) is 6.83. The second-order valence-corrected chi connectivity index (χ2v) is 9.09. The summed E-state index contributed by atoms with van der Waals surface area (Å²) in [6.07, 6.45) is 9.50. The lowest BCUT2D eigenvalue weighted by atomic mass is 9.53. The molecule has 142 valence electrons. The van der Waals surface area contributed by atoms with Crippen molar-refractivity contribution in [1.82, 2.24) is 5.32 Å². The van der Waals surface area contributed by atoms with Crippen LogP contribution in [0.25, 0.3) is 0 Å². The Kier molecular flexibility index (Phi) is 4.31. The van der Waals surface area contributed by atoms with Crippen LogP contribution in [0.15, 0.2) is 53.1 Å². The van der Waals surface area contributed by atoms with Crippen molar-refractivity contribution in [2.24, 2.45) is 17.8 Å². The SMILES string of the molecule is O=C(C[NH2+][C@H](c1ccccc1)c1ccco1)NC12CC3CC(CC(C3)C1)C2. The van der Waals surface area contributed by atoms with Crippen LogP contribution in [0.1, 0.15) is 55.9 Å². The van der Waals surface area contributed by atoms with Crippen LogP contribution in [0.4, 0.5) is 0 Å². The van der Waals surface area contributed by atoms with Crippen molar-refractivity contribution in [3.63, 3.8) is 0 Å². The zero-order valence-corrected chi connectivity index (χ0v) is 15.8. The first-order chi connectivity index (χ1) is 13.2. The van der Waals surface area contributed by atoms with E-state index in [1.54, 1.807) is 6.26 Å². The van der Waals surface area contributed by atoms with Gasteiger partial charge in [-0.05, 0) is 68.4 Å². The van der Waals surface area contributed by atoms with Crippen molar-refractivity contribution in [3.8, 4) is 0 Å². The van der Waals surface area contributed by atoms with Crippen LogP contribution in [0.3, 0.4) is 0 Å². The summed E-state index contributed by atoms with van der Waals surface area (Å²) >= 11 is 0. The molecule has 0 saturated heterocycles. The van der Waals surface area contributed by atoms with E-state index >= 15 is 0 Å². The lowest BCUT2D eigenvalue weighted by Gasteiger charge is -2.56. The summed E-state index contributed by atoms with van der Waals surface area (Å²) in [6, 6.07) is 14.2. The van der Waals surface area contributed by atoms with Gasteiger partial charge in [0.1, 0.15) is 0 Å². The molecule has 1 heterocycles. The molecule has 0 unspecified atom stereocenters. The van der Waals surface area contributed by atoms with Crippen LogP contribution in [0.2, 0.25) is 0 Å². The Balaban J connectivity index is 1.25. The average Bonchev–Trinajstić information content (AvgIpc) is 3.15. The molecule has 0 spiro atoms. The highest BCUT2D eigenvalue weighted by Crippen LogP contribution is 2.55. The monoisotopic (exact) mass is 365 g/mol. The van der Waals surface area contributed by atoms with Crippen molar-refractivity contribution in [3.05, 3.63) is 60.1 Å². The standard InChI is InChI=1S/C23H28N2O2/c26-21(25-23-12-16-9-17(13-23)11-18(10-16)14-23)15-24-22(20-7-4-8-27-20)19-5-2-1-3-6-19/h1-8,16-18,22,24H,9-15H2,(H,25,26)/p+1/t16?,17?,18?,22-,23?/m1/s1. The maximum absolute atomic E-state index is 12.9. The van der Waals surface area contributed by atoms with E-state index < -0.39 is 0 Å². The van der Waals surface area contributed by atoms with E-state index in [4.69, 9.17) is 4.42 Å². The van der Waals surface area contributed by atoms with E-state index in [0.29, 0.717) is 6.54 Å². The second-order valence-electron chi connectivity index (χ2n) is 9.09. The number of nitrogens with two attached hydrogens (primary N) is 1. The summed E-state index contributed by atoms with van der Waals surface area (Å²) < 4.78 is 5.65. The fourth-order valence-corrected chi connectivity index (χ4v) is 6.38. The number of carbonyl (C=O) groups is 1. The molecule has 4 bridgehead atoms. The van der Waals surface area contributed by atoms with Gasteiger partial charge >= 0.3 is 0 Å². The number of benzene rings is 1. The summed E-state index contributed by atoms with van der Waals surface area (Å²) in [5.74, 6) is 3.61. The minimum atomic E-state index is 0.0170. The number of hydrogen-bond donors (Lipinski definition) is 2. The molecule has 0 radical (unpaired) electrons. The number of amides is 1. The molecule has 4 heteroatoms. The van der Waals surface area contributed by atoms with Gasteiger partial charge in [-0.25, -0.2) is 0 Å². The first-order valence-electron chi connectivity index (χ1n) is 10.4. The van der Waals surface area contributed by atoms with E-state index in [-0.39, 0.29) is 17.5 Å². The molecule has 6 rings (SSSR count). The Bertz CT molecular complexity index is 749. The summed E-state index contributed by atoms with van der Waals surface area (Å²) in [4.78, 5) is 12.9. The fraction of sp³-hybridized carbons (Fsp3) is 0.522. The molecule has 4 saturated carbocycles. The van der Waals surface area contributed by atoms with Crippen LogP contribution in [0.5, 0.6) is 0 Å². The normalized spacial score (nSPS) is 32.4. The molecule has 1 aromatic heterocycles. The summed E-state index contributed by atoms with van der Waals surface area (Å²) in [6.45, 7) is 0.433. The Morgan fingerprint density at radius 3 is 2.30 bits per heavy atom. The van der Waals surface area contributed by atoms with Gasteiger partial charge in [-0.2, -0.15) is 0 Å². The third-order valence-corrected chi connectivity index (χ3v) is 6.99. The van der Waals surface area contributed by atoms with Crippen LogP contribution >= 0.6 is 0 Å². The van der Waals surface area contributed by atoms with Crippen LogP contribution < -0.4 is 10.6 Å². The smallest absolute Gasteiger partial charge is 0.275 e. The molecule has 4 fully saturated rings. The van der Waals surface area contributed by atoms with Crippen molar-refractivity contribution >= 4 is 5.91 Å². The maximum atomic E-state index is 12.9. The van der Waals surface area contributed by atoms with E-state index in [1.165, 1.54) is 38.5 Å². The van der Waals surface area contributed by atoms with Crippen LogP contribution in [-0.4, -0.2) is 18.0 Å². The van der Waals surface area contributed by atoms with Gasteiger partial charge in [0.25, 0.3) is 5.91 Å². The molecular formula is C23H29N2O2+. The quantitative estimate of drug-likeness (QED) is 0.827. The topological polar surface area (TPSA) is 58.9 Å². The molecule has 3 N–H and O–H groups in total. The van der Waals surface area contributed by atoms with Gasteiger partial charge in [0.2, 0.25) is 0 Å². The van der Waals surface area contributed by atoms with E-state index in [2.05, 4.69) is 22.8 Å². The summed E-state index contributed by atoms with van der Waals surface area (Å²) in [5.41, 5.74) is 1.25. The molecule has 4 nitrogen and oxygen atoms in total. The van der Waals surface area contributed by atoms with Crippen molar-refractivity contribution in [1.29, 1.82) is 0 Å². The Hall–Kier alpha value is -2.07. The number of rotatable bonds is 6. The number of quaternary nitrogens is 1. The molecule has 1 atom stereocenters. The Morgan fingerprint density at radius 2 is 1.70 bits per heavy atom. The molecule has 4 aliphatic rings. The van der Waals surface area contributed by atoms with Gasteiger partial charge < -0.3 is 15.1 Å². The van der Waals surface area contributed by atoms with E-state index in [1.807, 2.05) is 30.3 Å². The molecule has 0 aliphatic heterocycles. The number of carbonyl (C=O) groups excluding carboxylic acids is 1. The summed E-state index contributed by atoms with van der Waals surface area (Å²) in [5, 5.41) is 5.58. The zero-order valence-electron chi connectivity index (χ0n) is 15.8. The molecular weight excluding hydrogens is 336 g/mol. The van der Waals surface area contributed by atoms with Crippen molar-refractivity contribution in [2.45, 2.75) is 50.1 Å². The number of furan rings is 1. The molecule has 4 aliphatic carbocycles. The minimum Gasteiger partial charge on any atom is -0.463 e. The average molecular weight is 365 g/mol. The highest BCUT2D eigenvalue weighted by molar-refractivity contribution is 5.77. The lowest BCUT2D eigenvalue weighted by molar-refractivity contribution is -0.678. The van der Waals surface area contributed by atoms with Gasteiger partial charge in [0.05, 0.1) is 6.26 Å². The largest absolute Gasteiger partial charge is 0.463 e. The molecule has 1 amide bonds. The van der Waals surface area contributed by atoms with E-state index in [0.717, 1.165) is 29.1 Å². The first kappa shape index (κ1) is 17.1. The van der Waals surface area contributed by atoms with Crippen molar-refractivity contribution in [2.75, 3.05) is 6.54 Å². The van der Waals surface area contributed by atoms with Gasteiger partial charge in [0.15, 0.2) is 18.3 Å². The van der Waals surface area contributed by atoms with Crippen LogP contribution in [0, 0.1) is 17.8 Å². The Labute approximate surface area is 160 Å². The molecule has 1 aromatic carbocycles. The Morgan fingerprint density at radius 1 is 1.04 bits per heavy atom. The number of hydrogen-bond acceptors (Lipinski definition) is 2. The molecule has 2 aromatic rings. The predicted octanol–water partition coefficient (Wildman–Crippen LogP) is 3.02. The van der Waals surface area contributed by atoms with Crippen molar-refractivity contribution < 1.29 is 14.5 Å². The lowest BCUT2D eigenvalue weighted by Crippen LogP contribution is -2.88. The minimum absolute atomic E-state index is 0.0170. The van der Waals surface area contributed by atoms with Gasteiger partial charge in [-0.15, -0.1) is 0 Å². The summed E-state index contributed by atoms with van der Waals surface area (Å²) in [7, 11) is 0. The highest BCUT2D eigenvalue weighted by Gasteiger charge is 2.51. The zero-order chi connectivity index (χ0) is 18.3. The predicted molar refractivity (Wildman–Crippen MR) is 103 cm³/mol. The third kappa shape index (κ3) is 3.43.